The van der Waals surface area contributed by atoms with E-state index in [0.717, 1.165) is 0 Å². The van der Waals surface area contributed by atoms with Crippen molar-refractivity contribution in [1.29, 1.82) is 0 Å². The Kier molecular flexibility index (Phi) is 2.30. The van der Waals surface area contributed by atoms with E-state index in [1.807, 2.05) is 0 Å². The van der Waals surface area contributed by atoms with Crippen LogP contribution >= 0.6 is 0 Å². The summed E-state index contributed by atoms with van der Waals surface area (Å²) < 4.78 is 0. The molecular weight excluding hydrogens is 231 g/mol. The van der Waals surface area contributed by atoms with Crippen LogP contribution in [0.3, 0.4) is 0 Å². The Bertz CT molecular complexity index is 8.00. The maximum Gasteiger partial charge on any atom is 0 e. The molecule has 1 rings (SSSR count). The average molecular weight is 236 g/mol. The Morgan fingerprint density at radius 2 is 1.50 bits per heavy atom. The first-order chi connectivity index (χ1) is 1.50. The Morgan fingerprint density at radius 3 is 1.50 bits per heavy atom. The van der Waals surface area contributed by atoms with Gasteiger partial charge in [-0.15, -0.1) is 0 Å². The topological polar surface area (TPSA) is 0 Å². The van der Waals surface area contributed by atoms with Crippen LogP contribution in [0.5, 0.6) is 0 Å². The van der Waals surface area contributed by atoms with Crippen molar-refractivity contribution >= 4 is 0 Å². The second-order valence-corrected chi connectivity index (χ2v) is 0.866. The van der Waals surface area contributed by atoms with Crippen LogP contribution in [-0.2, 0) is 21.1 Å². The Labute approximate surface area is 40.9 Å². The van der Waals surface area contributed by atoms with E-state index in [0.29, 0.717) is 0 Å². The van der Waals surface area contributed by atoms with Gasteiger partial charge in [0.25, 0.3) is 0 Å². The van der Waals surface area contributed by atoms with Gasteiger partial charge >= 0.3 is 0 Å². The van der Waals surface area contributed by atoms with Gasteiger partial charge in [-0.25, -0.2) is 12.8 Å². The third-order valence-electron chi connectivity index (χ3n) is 0.289. The molecule has 0 bridgehead atoms. The van der Waals surface area contributed by atoms with E-state index in [-0.39, 0.29) is 21.1 Å². The van der Waals surface area contributed by atoms with E-state index in [9.17, 15) is 0 Å². The molecule has 0 amide bonds. The summed E-state index contributed by atoms with van der Waals surface area (Å²) in [5.41, 5.74) is 0. The smallest absolute Gasteiger partial charge is 0 e. The van der Waals surface area contributed by atoms with Gasteiger partial charge in [-0.2, -0.15) is 0 Å². The Morgan fingerprint density at radius 1 is 1.25 bits per heavy atom. The quantitative estimate of drug-likeness (QED) is 0.550. The van der Waals surface area contributed by atoms with Gasteiger partial charge in [0.2, 0.25) is 0 Å². The van der Waals surface area contributed by atoms with Gasteiger partial charge in [0.15, 0.2) is 0 Å². The summed E-state index contributed by atoms with van der Waals surface area (Å²) >= 11 is 0. The minimum atomic E-state index is 0. The molecule has 28 valence electrons. The van der Waals surface area contributed by atoms with Crippen LogP contribution in [0.2, 0.25) is 0 Å². The first kappa shape index (κ1) is 4.69. The van der Waals surface area contributed by atoms with Crippen molar-refractivity contribution in [2.24, 2.45) is 0 Å². The zero-order valence-electron chi connectivity index (χ0n) is 2.31. The third-order valence-corrected chi connectivity index (χ3v) is 0.289. The van der Waals surface area contributed by atoms with E-state index in [1.54, 1.807) is 0 Å². The second-order valence-electron chi connectivity index (χ2n) is 0.866. The van der Waals surface area contributed by atoms with Crippen molar-refractivity contribution in [3.05, 3.63) is 6.42 Å². The third kappa shape index (κ3) is 2.69. The fraction of sp³-hybridized carbons (Fsp3) is 0.667. The maximum atomic E-state index is 2.25. The summed E-state index contributed by atoms with van der Waals surface area (Å²) in [4.78, 5) is 0. The molecule has 0 unspecified atom stereocenters. The summed E-state index contributed by atoms with van der Waals surface area (Å²) in [7, 11) is 0. The maximum absolute atomic E-state index is 2.25. The molecular formula is C3H5Pt-. The molecule has 0 nitrogen and oxygen atoms in total. The van der Waals surface area contributed by atoms with Gasteiger partial charge in [-0.3, -0.25) is 0 Å². The zero-order chi connectivity index (χ0) is 2.12. The van der Waals surface area contributed by atoms with Crippen molar-refractivity contribution in [2.75, 3.05) is 0 Å². The molecule has 1 fully saturated rings. The van der Waals surface area contributed by atoms with Crippen LogP contribution in [0.1, 0.15) is 12.8 Å². The normalized spacial score (nSPS) is 18.0. The molecule has 4 heavy (non-hydrogen) atoms. The van der Waals surface area contributed by atoms with Gasteiger partial charge in [-0.1, -0.05) is 0 Å². The van der Waals surface area contributed by atoms with Crippen LogP contribution in [0.4, 0.5) is 0 Å². The van der Waals surface area contributed by atoms with Crippen LogP contribution in [0.25, 0.3) is 0 Å². The molecule has 1 aliphatic carbocycles. The fourth-order valence-corrected chi connectivity index (χ4v) is 0. The summed E-state index contributed by atoms with van der Waals surface area (Å²) in [6.45, 7) is 0. The largest absolute Gasteiger partial charge is 0.333 e. The molecule has 1 saturated carbocycles. The van der Waals surface area contributed by atoms with Crippen molar-refractivity contribution in [1.82, 2.24) is 0 Å². The fourth-order valence-electron chi connectivity index (χ4n) is 0. The molecule has 1 aliphatic rings. The first-order valence-corrected chi connectivity index (χ1v) is 1.32. The first-order valence-electron chi connectivity index (χ1n) is 1.32. The number of hydrogen-bond acceptors (Lipinski definition) is 0. The van der Waals surface area contributed by atoms with Crippen LogP contribution in [0, 0.1) is 6.42 Å². The minimum Gasteiger partial charge on any atom is -0.333 e. The molecule has 0 heterocycles. The molecule has 0 aromatic rings. The molecule has 1 heteroatoms. The monoisotopic (exact) mass is 236 g/mol. The molecule has 0 saturated heterocycles. The van der Waals surface area contributed by atoms with Crippen molar-refractivity contribution in [3.63, 3.8) is 0 Å². The van der Waals surface area contributed by atoms with Gasteiger partial charge in [0, 0.05) is 21.1 Å². The van der Waals surface area contributed by atoms with Gasteiger partial charge in [0.05, 0.1) is 0 Å². The van der Waals surface area contributed by atoms with Crippen LogP contribution in [-0.4, -0.2) is 0 Å². The van der Waals surface area contributed by atoms with E-state index < -0.39 is 0 Å². The molecule has 0 atom stereocenters. The van der Waals surface area contributed by atoms with Crippen LogP contribution in [0.15, 0.2) is 0 Å². The SMILES string of the molecule is [CH-]1CC1.[Pt]. The van der Waals surface area contributed by atoms with Crippen molar-refractivity contribution in [2.45, 2.75) is 12.8 Å². The van der Waals surface area contributed by atoms with Gasteiger partial charge in [0.1, 0.15) is 0 Å². The molecule has 0 radical (unpaired) electrons. The Hall–Kier alpha value is 0.688. The van der Waals surface area contributed by atoms with Gasteiger partial charge < -0.3 is 6.42 Å². The van der Waals surface area contributed by atoms with E-state index in [4.69, 9.17) is 0 Å². The molecule has 0 N–H and O–H groups in total. The zero-order valence-corrected chi connectivity index (χ0v) is 4.58. The van der Waals surface area contributed by atoms with Crippen LogP contribution < -0.4 is 0 Å². The predicted molar refractivity (Wildman–Crippen MR) is 13.5 cm³/mol. The van der Waals surface area contributed by atoms with E-state index in [1.165, 1.54) is 12.8 Å². The van der Waals surface area contributed by atoms with Gasteiger partial charge in [-0.05, 0) is 0 Å². The summed E-state index contributed by atoms with van der Waals surface area (Å²) in [5.74, 6) is 0. The number of rotatable bonds is 0. The Balaban J connectivity index is 0.0000000900. The minimum absolute atomic E-state index is 0. The van der Waals surface area contributed by atoms with E-state index >= 15 is 0 Å². The van der Waals surface area contributed by atoms with E-state index in [2.05, 4.69) is 6.42 Å². The average Bonchev–Trinajstić information content (AvgIpc) is 1.46. The molecule has 0 aliphatic heterocycles. The summed E-state index contributed by atoms with van der Waals surface area (Å²) in [6, 6.07) is 0. The molecule has 0 spiro atoms. The second kappa shape index (κ2) is 1.96. The summed E-state index contributed by atoms with van der Waals surface area (Å²) in [5, 5.41) is 0. The summed E-state index contributed by atoms with van der Waals surface area (Å²) in [6.07, 6.45) is 5.00. The molecule has 0 aromatic heterocycles. The van der Waals surface area contributed by atoms with Crippen molar-refractivity contribution in [3.8, 4) is 0 Å². The standard InChI is InChI=1S/C3H5.Pt/c1-2-3-1;/h1H,2-3H2;/q-1;. The van der Waals surface area contributed by atoms with Crippen molar-refractivity contribution < 1.29 is 21.1 Å². The molecule has 0 aromatic carbocycles. The number of hydrogen-bond donors (Lipinski definition) is 0. The predicted octanol–water partition coefficient (Wildman–Crippen LogP) is 0.982.